The van der Waals surface area contributed by atoms with E-state index in [0.29, 0.717) is 0 Å². The normalized spacial score (nSPS) is 12.4. The lowest BCUT2D eigenvalue weighted by atomic mass is 9.98. The molecule has 0 aliphatic carbocycles. The predicted molar refractivity (Wildman–Crippen MR) is 88.4 cm³/mol. The molecule has 1 N–H and O–H groups in total. The van der Waals surface area contributed by atoms with Gasteiger partial charge in [0, 0.05) is 8.95 Å². The number of hydrogen-bond acceptors (Lipinski definition) is 1. The molecule has 0 bridgehead atoms. The van der Waals surface area contributed by atoms with E-state index in [-0.39, 0.29) is 6.04 Å². The molecule has 0 fully saturated rings. The van der Waals surface area contributed by atoms with Crippen molar-refractivity contribution < 1.29 is 0 Å². The molecule has 0 amide bonds. The summed E-state index contributed by atoms with van der Waals surface area (Å²) < 4.78 is 2.21. The monoisotopic (exact) mass is 381 g/mol. The van der Waals surface area contributed by atoms with Gasteiger partial charge in [-0.25, -0.2) is 0 Å². The second-order valence-corrected chi connectivity index (χ2v) is 6.23. The Morgan fingerprint density at radius 1 is 1.05 bits per heavy atom. The van der Waals surface area contributed by atoms with Gasteiger partial charge in [-0.1, -0.05) is 75.2 Å². The summed E-state index contributed by atoms with van der Waals surface area (Å²) in [5.74, 6) is 0. The first kappa shape index (κ1) is 14.8. The van der Waals surface area contributed by atoms with Crippen LogP contribution in [-0.4, -0.2) is 6.54 Å². The Labute approximate surface area is 131 Å². The molecule has 1 atom stereocenters. The van der Waals surface area contributed by atoms with Crippen molar-refractivity contribution >= 4 is 31.9 Å². The van der Waals surface area contributed by atoms with Crippen molar-refractivity contribution in [1.82, 2.24) is 5.32 Å². The molecule has 1 nitrogen and oxygen atoms in total. The van der Waals surface area contributed by atoms with Crippen LogP contribution in [0.3, 0.4) is 0 Å². The summed E-state index contributed by atoms with van der Waals surface area (Å²) in [5.41, 5.74) is 2.56. The lowest BCUT2D eigenvalue weighted by Crippen LogP contribution is -2.23. The van der Waals surface area contributed by atoms with Gasteiger partial charge in [0.2, 0.25) is 0 Å². The van der Waals surface area contributed by atoms with E-state index in [9.17, 15) is 0 Å². The molecule has 2 aromatic rings. The minimum atomic E-state index is 0.226. The van der Waals surface area contributed by atoms with E-state index in [1.807, 2.05) is 0 Å². The van der Waals surface area contributed by atoms with E-state index in [2.05, 4.69) is 92.6 Å². The quantitative estimate of drug-likeness (QED) is 0.739. The van der Waals surface area contributed by atoms with Gasteiger partial charge >= 0.3 is 0 Å². The van der Waals surface area contributed by atoms with Crippen LogP contribution in [0.1, 0.15) is 30.5 Å². The van der Waals surface area contributed by atoms with E-state index in [4.69, 9.17) is 0 Å². The third kappa shape index (κ3) is 3.91. The van der Waals surface area contributed by atoms with Crippen LogP contribution < -0.4 is 5.32 Å². The molecule has 2 rings (SSSR count). The van der Waals surface area contributed by atoms with Gasteiger partial charge in [-0.15, -0.1) is 0 Å². The number of benzene rings is 2. The number of hydrogen-bond donors (Lipinski definition) is 1. The van der Waals surface area contributed by atoms with Gasteiger partial charge in [-0.3, -0.25) is 0 Å². The summed E-state index contributed by atoms with van der Waals surface area (Å²) in [4.78, 5) is 0. The van der Waals surface area contributed by atoms with Gasteiger partial charge in [0.1, 0.15) is 0 Å². The molecule has 0 saturated carbocycles. The number of halogens is 2. The first-order valence-corrected chi connectivity index (χ1v) is 8.04. The average Bonchev–Trinajstić information content (AvgIpc) is 2.42. The van der Waals surface area contributed by atoms with Gasteiger partial charge in [0.15, 0.2) is 0 Å². The Morgan fingerprint density at radius 2 is 1.79 bits per heavy atom. The topological polar surface area (TPSA) is 12.0 Å². The lowest BCUT2D eigenvalue weighted by Gasteiger charge is -2.21. The molecule has 0 aliphatic rings. The highest BCUT2D eigenvalue weighted by Gasteiger charge is 2.15. The largest absolute Gasteiger partial charge is 0.306 e. The van der Waals surface area contributed by atoms with Crippen molar-refractivity contribution in [3.05, 3.63) is 68.6 Å². The highest BCUT2D eigenvalue weighted by Crippen LogP contribution is 2.30. The Hall–Kier alpha value is -0.640. The molecule has 100 valence electrons. The second-order valence-electron chi connectivity index (χ2n) is 4.46. The van der Waals surface area contributed by atoms with Gasteiger partial charge in [-0.2, -0.15) is 0 Å². The number of nitrogens with one attached hydrogen (secondary N) is 1. The molecule has 0 aromatic heterocycles. The fourth-order valence-corrected chi connectivity index (χ4v) is 3.35. The number of rotatable bonds is 5. The summed E-state index contributed by atoms with van der Waals surface area (Å²) in [5, 5.41) is 3.62. The van der Waals surface area contributed by atoms with Crippen molar-refractivity contribution in [1.29, 1.82) is 0 Å². The zero-order valence-electron chi connectivity index (χ0n) is 10.9. The van der Waals surface area contributed by atoms with Crippen molar-refractivity contribution in [3.63, 3.8) is 0 Å². The highest BCUT2D eigenvalue weighted by molar-refractivity contribution is 9.11. The first-order valence-electron chi connectivity index (χ1n) is 6.45. The van der Waals surface area contributed by atoms with E-state index in [1.54, 1.807) is 0 Å². The summed E-state index contributed by atoms with van der Waals surface area (Å²) in [7, 11) is 0. The Kier molecular flexibility index (Phi) is 5.61. The molecular weight excluding hydrogens is 366 g/mol. The van der Waals surface area contributed by atoms with Gasteiger partial charge < -0.3 is 5.32 Å². The van der Waals surface area contributed by atoms with Crippen LogP contribution >= 0.6 is 31.9 Å². The van der Waals surface area contributed by atoms with Crippen LogP contribution in [-0.2, 0) is 0 Å². The maximum Gasteiger partial charge on any atom is 0.0587 e. The zero-order chi connectivity index (χ0) is 13.7. The molecule has 3 heteroatoms. The van der Waals surface area contributed by atoms with Crippen LogP contribution in [0.2, 0.25) is 0 Å². The molecule has 0 heterocycles. The Balaban J connectivity index is 2.37. The van der Waals surface area contributed by atoms with E-state index >= 15 is 0 Å². The minimum Gasteiger partial charge on any atom is -0.306 e. The first-order chi connectivity index (χ1) is 9.22. The van der Waals surface area contributed by atoms with Crippen molar-refractivity contribution in [2.24, 2.45) is 0 Å². The molecule has 0 saturated heterocycles. The van der Waals surface area contributed by atoms with Crippen LogP contribution in [0.25, 0.3) is 0 Å². The van der Waals surface area contributed by atoms with Crippen LogP contribution in [0, 0.1) is 0 Å². The predicted octanol–water partition coefficient (Wildman–Crippen LogP) is 5.30. The molecule has 0 spiro atoms. The molecule has 2 aromatic carbocycles. The summed E-state index contributed by atoms with van der Waals surface area (Å²) >= 11 is 7.17. The summed E-state index contributed by atoms with van der Waals surface area (Å²) in [6, 6.07) is 17.1. The van der Waals surface area contributed by atoms with Crippen LogP contribution in [0.15, 0.2) is 57.5 Å². The second kappa shape index (κ2) is 7.22. The third-order valence-corrected chi connectivity index (χ3v) is 4.18. The van der Waals surface area contributed by atoms with Crippen LogP contribution in [0.5, 0.6) is 0 Å². The maximum absolute atomic E-state index is 3.67. The fraction of sp³-hybridized carbons (Fsp3) is 0.250. The van der Waals surface area contributed by atoms with Crippen molar-refractivity contribution in [3.8, 4) is 0 Å². The Bertz CT molecular complexity index is 526. The van der Waals surface area contributed by atoms with E-state index in [0.717, 1.165) is 21.9 Å². The maximum atomic E-state index is 3.67. The van der Waals surface area contributed by atoms with Gasteiger partial charge in [0.05, 0.1) is 6.04 Å². The van der Waals surface area contributed by atoms with E-state index < -0.39 is 0 Å². The van der Waals surface area contributed by atoms with Crippen molar-refractivity contribution in [2.75, 3.05) is 6.54 Å². The van der Waals surface area contributed by atoms with Crippen molar-refractivity contribution in [2.45, 2.75) is 19.4 Å². The SMILES string of the molecule is CCCNC(c1ccccc1)c1ccc(Br)cc1Br. The van der Waals surface area contributed by atoms with Gasteiger partial charge in [0.25, 0.3) is 0 Å². The average molecular weight is 383 g/mol. The standard InChI is InChI=1S/C16H17Br2N/c1-2-10-19-16(12-6-4-3-5-7-12)14-9-8-13(17)11-15(14)18/h3-9,11,16,19H,2,10H2,1H3. The highest BCUT2D eigenvalue weighted by atomic mass is 79.9. The fourth-order valence-electron chi connectivity index (χ4n) is 2.08. The molecule has 0 aliphatic heterocycles. The third-order valence-electron chi connectivity index (χ3n) is 3.00. The zero-order valence-corrected chi connectivity index (χ0v) is 14.0. The molecular formula is C16H17Br2N. The summed E-state index contributed by atoms with van der Waals surface area (Å²) in [6.07, 6.45) is 1.12. The molecule has 1 unspecified atom stereocenters. The lowest BCUT2D eigenvalue weighted by molar-refractivity contribution is 0.597. The summed E-state index contributed by atoms with van der Waals surface area (Å²) in [6.45, 7) is 3.19. The minimum absolute atomic E-state index is 0.226. The Morgan fingerprint density at radius 3 is 2.42 bits per heavy atom. The molecule has 19 heavy (non-hydrogen) atoms. The van der Waals surface area contributed by atoms with Gasteiger partial charge in [-0.05, 0) is 36.2 Å². The van der Waals surface area contributed by atoms with Crippen LogP contribution in [0.4, 0.5) is 0 Å². The van der Waals surface area contributed by atoms with E-state index in [1.165, 1.54) is 11.1 Å². The smallest absolute Gasteiger partial charge is 0.0587 e. The molecule has 0 radical (unpaired) electrons.